The van der Waals surface area contributed by atoms with Crippen LogP contribution in [-0.2, 0) is 0 Å². The summed E-state index contributed by atoms with van der Waals surface area (Å²) in [5.74, 6) is 6.92. The van der Waals surface area contributed by atoms with Crippen molar-refractivity contribution in [2.45, 2.75) is 24.9 Å². The minimum atomic E-state index is -0.165. The Balaban J connectivity index is 1.60. The monoisotopic (exact) mass is 386 g/mol. The van der Waals surface area contributed by atoms with E-state index in [0.29, 0.717) is 9.86 Å². The predicted octanol–water partition coefficient (Wildman–Crippen LogP) is 3.34. The maximum atomic E-state index is 12.7. The van der Waals surface area contributed by atoms with Gasteiger partial charge in [0.2, 0.25) is 0 Å². The third-order valence-corrected chi connectivity index (χ3v) is 6.82. The van der Waals surface area contributed by atoms with Gasteiger partial charge in [0, 0.05) is 17.2 Å². The quantitative estimate of drug-likeness (QED) is 0.414. The number of thiophene rings is 1. The fraction of sp³-hybridized carbons (Fsp3) is 0.368. The number of aryl methyl sites for hydroxylation is 1. The van der Waals surface area contributed by atoms with Crippen molar-refractivity contribution in [1.29, 1.82) is 0 Å². The molecule has 0 bridgehead atoms. The second kappa shape index (κ2) is 7.42. The van der Waals surface area contributed by atoms with Crippen molar-refractivity contribution < 1.29 is 0 Å². The second-order valence-electron chi connectivity index (χ2n) is 6.66. The van der Waals surface area contributed by atoms with Gasteiger partial charge in [0.05, 0.1) is 5.52 Å². The average Bonchev–Trinajstić information content (AvgIpc) is 3.29. The van der Waals surface area contributed by atoms with Gasteiger partial charge >= 0.3 is 0 Å². The van der Waals surface area contributed by atoms with Crippen LogP contribution in [-0.4, -0.2) is 39.9 Å². The Morgan fingerprint density at radius 3 is 2.69 bits per heavy atom. The van der Waals surface area contributed by atoms with Gasteiger partial charge in [0.1, 0.15) is 4.70 Å². The van der Waals surface area contributed by atoms with Gasteiger partial charge in [-0.05, 0) is 44.5 Å². The number of likely N-dealkylation sites (tertiary alicyclic amines) is 1. The summed E-state index contributed by atoms with van der Waals surface area (Å²) < 4.78 is 1.82. The van der Waals surface area contributed by atoms with E-state index in [1.54, 1.807) is 11.8 Å². The van der Waals surface area contributed by atoms with E-state index in [4.69, 9.17) is 5.84 Å². The Morgan fingerprint density at radius 2 is 1.96 bits per heavy atom. The molecule has 0 radical (unpaired) electrons. The van der Waals surface area contributed by atoms with Gasteiger partial charge in [-0.25, -0.2) is 9.66 Å². The molecule has 3 heterocycles. The molecule has 0 atom stereocenters. The van der Waals surface area contributed by atoms with Crippen LogP contribution in [0.1, 0.15) is 18.4 Å². The van der Waals surface area contributed by atoms with Crippen LogP contribution < -0.4 is 11.4 Å². The van der Waals surface area contributed by atoms with Gasteiger partial charge in [0.25, 0.3) is 5.56 Å². The highest BCUT2D eigenvalue weighted by Crippen LogP contribution is 2.32. The predicted molar refractivity (Wildman–Crippen MR) is 111 cm³/mol. The Morgan fingerprint density at radius 1 is 1.23 bits per heavy atom. The Kier molecular flexibility index (Phi) is 5.02. The highest BCUT2D eigenvalue weighted by molar-refractivity contribution is 7.99. The number of nitrogens with two attached hydrogens (primary N) is 1. The number of rotatable bonds is 5. The standard InChI is InChI=1S/C19H22N4OS2/c1-13-4-6-14(7-5-13)16-12-15-17(26-16)18(24)23(20)19(21-15)25-11-10-22-8-2-3-9-22/h4-7,12H,2-3,8-11,20H2,1H3. The summed E-state index contributed by atoms with van der Waals surface area (Å²) >= 11 is 3.02. The van der Waals surface area contributed by atoms with Crippen molar-refractivity contribution in [2.24, 2.45) is 0 Å². The van der Waals surface area contributed by atoms with Gasteiger partial charge < -0.3 is 10.7 Å². The number of hydrogen-bond donors (Lipinski definition) is 1. The fourth-order valence-corrected chi connectivity index (χ4v) is 5.16. The Labute approximate surface area is 160 Å². The zero-order valence-corrected chi connectivity index (χ0v) is 16.4. The normalized spacial score (nSPS) is 15.1. The first-order chi connectivity index (χ1) is 12.6. The minimum absolute atomic E-state index is 0.165. The molecule has 3 aromatic rings. The first-order valence-corrected chi connectivity index (χ1v) is 10.7. The number of fused-ring (bicyclic) bond motifs is 1. The van der Waals surface area contributed by atoms with Crippen LogP contribution in [0.3, 0.4) is 0 Å². The van der Waals surface area contributed by atoms with Gasteiger partial charge in [-0.3, -0.25) is 4.79 Å². The number of nitrogen functional groups attached to an aromatic ring is 1. The average molecular weight is 387 g/mol. The van der Waals surface area contributed by atoms with E-state index in [1.165, 1.54) is 47.5 Å². The summed E-state index contributed by atoms with van der Waals surface area (Å²) in [6.45, 7) is 5.42. The van der Waals surface area contributed by atoms with Crippen LogP contribution in [0.2, 0.25) is 0 Å². The van der Waals surface area contributed by atoms with E-state index >= 15 is 0 Å². The van der Waals surface area contributed by atoms with Crippen LogP contribution in [0.25, 0.3) is 20.7 Å². The summed E-state index contributed by atoms with van der Waals surface area (Å²) in [5.41, 5.74) is 2.89. The summed E-state index contributed by atoms with van der Waals surface area (Å²) in [7, 11) is 0. The fourth-order valence-electron chi connectivity index (χ4n) is 3.21. The summed E-state index contributed by atoms with van der Waals surface area (Å²) in [6.07, 6.45) is 2.57. The topological polar surface area (TPSA) is 64.2 Å². The molecule has 1 aromatic carbocycles. The lowest BCUT2D eigenvalue weighted by Crippen LogP contribution is -2.29. The van der Waals surface area contributed by atoms with E-state index < -0.39 is 0 Å². The zero-order valence-electron chi connectivity index (χ0n) is 14.8. The van der Waals surface area contributed by atoms with Gasteiger partial charge in [-0.1, -0.05) is 41.6 Å². The third-order valence-electron chi connectivity index (χ3n) is 4.72. The van der Waals surface area contributed by atoms with Gasteiger partial charge in [0.15, 0.2) is 5.16 Å². The lowest BCUT2D eigenvalue weighted by molar-refractivity contribution is 0.362. The molecule has 4 rings (SSSR count). The molecular formula is C19H22N4OS2. The van der Waals surface area contributed by atoms with E-state index in [9.17, 15) is 4.79 Å². The molecule has 1 aliphatic heterocycles. The Bertz CT molecular complexity index is 972. The number of thioether (sulfide) groups is 1. The molecule has 0 saturated carbocycles. The zero-order chi connectivity index (χ0) is 18.1. The van der Waals surface area contributed by atoms with Crippen molar-refractivity contribution in [3.63, 3.8) is 0 Å². The van der Waals surface area contributed by atoms with Crippen LogP contribution in [0, 0.1) is 6.92 Å². The maximum Gasteiger partial charge on any atom is 0.290 e. The lowest BCUT2D eigenvalue weighted by atomic mass is 10.1. The van der Waals surface area contributed by atoms with Crippen molar-refractivity contribution in [3.8, 4) is 10.4 Å². The van der Waals surface area contributed by atoms with Crippen molar-refractivity contribution >= 4 is 33.3 Å². The molecule has 2 N–H and O–H groups in total. The molecule has 0 aliphatic carbocycles. The van der Waals surface area contributed by atoms with Crippen molar-refractivity contribution in [1.82, 2.24) is 14.6 Å². The first-order valence-electron chi connectivity index (χ1n) is 8.86. The minimum Gasteiger partial charge on any atom is -0.334 e. The first kappa shape index (κ1) is 17.6. The van der Waals surface area contributed by atoms with Crippen LogP contribution in [0.15, 0.2) is 40.3 Å². The molecule has 26 heavy (non-hydrogen) atoms. The molecular weight excluding hydrogens is 364 g/mol. The molecule has 1 aliphatic rings. The number of hydrogen-bond acceptors (Lipinski definition) is 6. The van der Waals surface area contributed by atoms with Crippen LogP contribution >= 0.6 is 23.1 Å². The van der Waals surface area contributed by atoms with Crippen LogP contribution in [0.5, 0.6) is 0 Å². The lowest BCUT2D eigenvalue weighted by Gasteiger charge is -2.14. The molecule has 0 unspecified atom stereocenters. The maximum absolute atomic E-state index is 12.7. The highest BCUT2D eigenvalue weighted by atomic mass is 32.2. The van der Waals surface area contributed by atoms with E-state index in [2.05, 4.69) is 41.1 Å². The smallest absolute Gasteiger partial charge is 0.290 e. The van der Waals surface area contributed by atoms with Crippen molar-refractivity contribution in [2.75, 3.05) is 31.2 Å². The summed E-state index contributed by atoms with van der Waals surface area (Å²) in [6, 6.07) is 10.3. The number of aromatic nitrogens is 2. The summed E-state index contributed by atoms with van der Waals surface area (Å²) in [5, 5.41) is 0.593. The van der Waals surface area contributed by atoms with Gasteiger partial charge in [-0.15, -0.1) is 11.3 Å². The van der Waals surface area contributed by atoms with Gasteiger partial charge in [-0.2, -0.15) is 0 Å². The van der Waals surface area contributed by atoms with E-state index in [0.717, 1.165) is 28.3 Å². The molecule has 0 spiro atoms. The largest absolute Gasteiger partial charge is 0.334 e. The third kappa shape index (κ3) is 3.51. The Hall–Kier alpha value is -1.83. The molecule has 1 saturated heterocycles. The number of benzene rings is 1. The van der Waals surface area contributed by atoms with E-state index in [-0.39, 0.29) is 5.56 Å². The molecule has 136 valence electrons. The molecule has 0 amide bonds. The molecule has 5 nitrogen and oxygen atoms in total. The molecule has 2 aromatic heterocycles. The highest BCUT2D eigenvalue weighted by Gasteiger charge is 2.15. The molecule has 7 heteroatoms. The van der Waals surface area contributed by atoms with E-state index in [1.807, 2.05) is 6.07 Å². The van der Waals surface area contributed by atoms with Crippen molar-refractivity contribution in [3.05, 3.63) is 46.2 Å². The number of nitrogens with zero attached hydrogens (tertiary/aromatic N) is 3. The van der Waals surface area contributed by atoms with Crippen LogP contribution in [0.4, 0.5) is 0 Å². The molecule has 1 fully saturated rings. The summed E-state index contributed by atoms with van der Waals surface area (Å²) in [4.78, 5) is 20.8. The SMILES string of the molecule is Cc1ccc(-c2cc3nc(SCCN4CCCC4)n(N)c(=O)c3s2)cc1. The second-order valence-corrected chi connectivity index (χ2v) is 8.77.